The maximum atomic E-state index is 11.2. The van der Waals surface area contributed by atoms with Crippen LogP contribution in [0.5, 0.6) is 0 Å². The van der Waals surface area contributed by atoms with E-state index in [-0.39, 0.29) is 18.8 Å². The summed E-state index contributed by atoms with van der Waals surface area (Å²) in [5, 5.41) is 17.4. The summed E-state index contributed by atoms with van der Waals surface area (Å²) >= 11 is 0. The number of carbonyl (C=O) groups excluding carboxylic acids is 1. The number of rotatable bonds is 5. The summed E-state index contributed by atoms with van der Waals surface area (Å²) in [4.78, 5) is 22.1. The van der Waals surface area contributed by atoms with Gasteiger partial charge in [0.1, 0.15) is 0 Å². The van der Waals surface area contributed by atoms with Gasteiger partial charge in [-0.2, -0.15) is 0 Å². The Morgan fingerprint density at radius 1 is 1.31 bits per heavy atom. The Hall–Kier alpha value is -1.36. The third-order valence-corrected chi connectivity index (χ3v) is 1.85. The molecule has 0 unspecified atom stereocenters. The highest BCUT2D eigenvalue weighted by molar-refractivity contribution is 5.96. The smallest absolute Gasteiger partial charge is 0.332 e. The minimum absolute atomic E-state index is 0.00139. The van der Waals surface area contributed by atoms with Crippen molar-refractivity contribution in [3.05, 3.63) is 11.6 Å². The minimum atomic E-state index is -1.13. The van der Waals surface area contributed by atoms with E-state index in [4.69, 9.17) is 14.9 Å². The van der Waals surface area contributed by atoms with E-state index in [1.807, 2.05) is 0 Å². The van der Waals surface area contributed by atoms with Crippen LogP contribution in [-0.2, 0) is 14.3 Å². The Labute approximate surface area is 94.7 Å². The van der Waals surface area contributed by atoms with Gasteiger partial charge >= 0.3 is 11.9 Å². The number of carbonyl (C=O) groups is 2. The van der Waals surface area contributed by atoms with E-state index in [1.54, 1.807) is 20.8 Å². The first-order chi connectivity index (χ1) is 7.29. The van der Waals surface area contributed by atoms with Crippen LogP contribution in [0.2, 0.25) is 0 Å². The molecule has 0 aromatic heterocycles. The SMILES string of the molecule is CC(C)(C)C(=CC(=O)OCCCO)C(=O)O. The molecule has 0 aliphatic heterocycles. The fourth-order valence-corrected chi connectivity index (χ4v) is 0.996. The van der Waals surface area contributed by atoms with Crippen molar-refractivity contribution >= 4 is 11.9 Å². The van der Waals surface area contributed by atoms with Gasteiger partial charge in [-0.05, 0) is 5.41 Å². The van der Waals surface area contributed by atoms with Crippen molar-refractivity contribution < 1.29 is 24.5 Å². The van der Waals surface area contributed by atoms with Gasteiger partial charge < -0.3 is 14.9 Å². The number of aliphatic hydroxyl groups is 1. The number of hydrogen-bond donors (Lipinski definition) is 2. The van der Waals surface area contributed by atoms with E-state index in [9.17, 15) is 9.59 Å². The molecular formula is C11H18O5. The van der Waals surface area contributed by atoms with E-state index in [0.717, 1.165) is 6.08 Å². The molecule has 0 aliphatic carbocycles. The van der Waals surface area contributed by atoms with E-state index >= 15 is 0 Å². The number of aliphatic hydroxyl groups excluding tert-OH is 1. The average Bonchev–Trinajstić information content (AvgIpc) is 2.12. The molecule has 0 saturated heterocycles. The van der Waals surface area contributed by atoms with Crippen LogP contribution >= 0.6 is 0 Å². The maximum Gasteiger partial charge on any atom is 0.332 e. The fourth-order valence-electron chi connectivity index (χ4n) is 0.996. The van der Waals surface area contributed by atoms with Crippen LogP contribution in [0.4, 0.5) is 0 Å². The lowest BCUT2D eigenvalue weighted by Gasteiger charge is -2.18. The summed E-state index contributed by atoms with van der Waals surface area (Å²) in [6.45, 7) is 5.13. The lowest BCUT2D eigenvalue weighted by Crippen LogP contribution is -2.19. The monoisotopic (exact) mass is 230 g/mol. The van der Waals surface area contributed by atoms with Crippen LogP contribution in [0.15, 0.2) is 11.6 Å². The highest BCUT2D eigenvalue weighted by Gasteiger charge is 2.24. The Kier molecular flexibility index (Phi) is 5.74. The fraction of sp³-hybridized carbons (Fsp3) is 0.636. The quantitative estimate of drug-likeness (QED) is 0.417. The largest absolute Gasteiger partial charge is 0.478 e. The predicted octanol–water partition coefficient (Wildman–Crippen LogP) is 0.969. The van der Waals surface area contributed by atoms with Crippen LogP contribution < -0.4 is 0 Å². The molecular weight excluding hydrogens is 212 g/mol. The van der Waals surface area contributed by atoms with Gasteiger partial charge in [0.05, 0.1) is 6.61 Å². The van der Waals surface area contributed by atoms with Crippen molar-refractivity contribution in [2.24, 2.45) is 5.41 Å². The molecule has 5 heteroatoms. The molecule has 0 bridgehead atoms. The molecule has 0 aromatic rings. The normalized spacial score (nSPS) is 12.4. The number of carboxylic acids is 1. The van der Waals surface area contributed by atoms with E-state index < -0.39 is 17.4 Å². The minimum Gasteiger partial charge on any atom is -0.478 e. The van der Waals surface area contributed by atoms with Crippen molar-refractivity contribution in [2.75, 3.05) is 13.2 Å². The average molecular weight is 230 g/mol. The van der Waals surface area contributed by atoms with Crippen molar-refractivity contribution in [1.82, 2.24) is 0 Å². The molecule has 0 fully saturated rings. The van der Waals surface area contributed by atoms with Crippen LogP contribution in [0.3, 0.4) is 0 Å². The Morgan fingerprint density at radius 3 is 2.25 bits per heavy atom. The van der Waals surface area contributed by atoms with E-state index in [1.165, 1.54) is 0 Å². The molecule has 0 atom stereocenters. The van der Waals surface area contributed by atoms with Crippen molar-refractivity contribution in [1.29, 1.82) is 0 Å². The predicted molar refractivity (Wildman–Crippen MR) is 57.8 cm³/mol. The lowest BCUT2D eigenvalue weighted by molar-refractivity contribution is -0.139. The first-order valence-corrected chi connectivity index (χ1v) is 5.02. The summed E-state index contributed by atoms with van der Waals surface area (Å²) in [7, 11) is 0. The van der Waals surface area contributed by atoms with Gasteiger partial charge in [-0.3, -0.25) is 0 Å². The van der Waals surface area contributed by atoms with Gasteiger partial charge in [0.15, 0.2) is 0 Å². The second kappa shape index (κ2) is 6.27. The van der Waals surface area contributed by atoms with Gasteiger partial charge in [0.25, 0.3) is 0 Å². The third kappa shape index (κ3) is 5.50. The summed E-state index contributed by atoms with van der Waals surface area (Å²) in [6.07, 6.45) is 1.33. The number of carboxylic acid groups (broad SMARTS) is 1. The molecule has 0 amide bonds. The van der Waals surface area contributed by atoms with Gasteiger partial charge in [0, 0.05) is 24.7 Å². The first-order valence-electron chi connectivity index (χ1n) is 5.02. The first kappa shape index (κ1) is 14.6. The molecule has 92 valence electrons. The van der Waals surface area contributed by atoms with Gasteiger partial charge in [-0.25, -0.2) is 9.59 Å². The highest BCUT2D eigenvalue weighted by atomic mass is 16.5. The number of ether oxygens (including phenoxy) is 1. The van der Waals surface area contributed by atoms with E-state index in [2.05, 4.69) is 0 Å². The van der Waals surface area contributed by atoms with Gasteiger partial charge in [-0.1, -0.05) is 20.8 Å². The molecule has 5 nitrogen and oxygen atoms in total. The molecule has 2 N–H and O–H groups in total. The van der Waals surface area contributed by atoms with Gasteiger partial charge in [-0.15, -0.1) is 0 Å². The zero-order chi connectivity index (χ0) is 12.8. The number of esters is 1. The van der Waals surface area contributed by atoms with Crippen LogP contribution in [0.25, 0.3) is 0 Å². The van der Waals surface area contributed by atoms with Crippen LogP contribution in [0.1, 0.15) is 27.2 Å². The third-order valence-electron chi connectivity index (χ3n) is 1.85. The number of hydrogen-bond acceptors (Lipinski definition) is 4. The van der Waals surface area contributed by atoms with Crippen molar-refractivity contribution in [3.63, 3.8) is 0 Å². The molecule has 0 aliphatic rings. The topological polar surface area (TPSA) is 83.8 Å². The Balaban J connectivity index is 4.56. The second-order valence-electron chi connectivity index (χ2n) is 4.36. The van der Waals surface area contributed by atoms with Crippen molar-refractivity contribution in [2.45, 2.75) is 27.2 Å². The molecule has 0 aromatic carbocycles. The molecule has 0 saturated carbocycles. The number of aliphatic carboxylic acids is 1. The van der Waals surface area contributed by atoms with Crippen molar-refractivity contribution in [3.8, 4) is 0 Å². The second-order valence-corrected chi connectivity index (χ2v) is 4.36. The maximum absolute atomic E-state index is 11.2. The zero-order valence-electron chi connectivity index (χ0n) is 9.82. The van der Waals surface area contributed by atoms with E-state index in [0.29, 0.717) is 6.42 Å². The summed E-state index contributed by atoms with van der Waals surface area (Å²) < 4.78 is 4.72. The van der Waals surface area contributed by atoms with Crippen LogP contribution in [-0.4, -0.2) is 35.4 Å². The lowest BCUT2D eigenvalue weighted by atomic mass is 9.86. The Morgan fingerprint density at radius 2 is 1.88 bits per heavy atom. The summed E-state index contributed by atoms with van der Waals surface area (Å²) in [5.74, 6) is -1.83. The van der Waals surface area contributed by atoms with Crippen LogP contribution in [0, 0.1) is 5.41 Å². The highest BCUT2D eigenvalue weighted by Crippen LogP contribution is 2.25. The van der Waals surface area contributed by atoms with Gasteiger partial charge in [0.2, 0.25) is 0 Å². The molecule has 0 spiro atoms. The molecule has 0 heterocycles. The molecule has 16 heavy (non-hydrogen) atoms. The standard InChI is InChI=1S/C11H18O5/c1-11(2,3)8(10(14)15)7-9(13)16-6-4-5-12/h7,12H,4-6H2,1-3H3,(H,14,15). The summed E-state index contributed by atoms with van der Waals surface area (Å²) in [6, 6.07) is 0. The molecule has 0 radical (unpaired) electrons. The summed E-state index contributed by atoms with van der Waals surface area (Å²) in [5.41, 5.74) is -0.622. The Bertz CT molecular complexity index is 285. The molecule has 0 rings (SSSR count). The zero-order valence-corrected chi connectivity index (χ0v) is 9.82.